The zero-order chi connectivity index (χ0) is 15.4. The van der Waals surface area contributed by atoms with Crippen molar-refractivity contribution in [2.75, 3.05) is 19.8 Å². The van der Waals surface area contributed by atoms with Crippen molar-refractivity contribution >= 4 is 29.2 Å². The van der Waals surface area contributed by atoms with Gasteiger partial charge in [-0.05, 0) is 36.7 Å². The number of carboxylic acid groups (broad SMARTS) is 1. The van der Waals surface area contributed by atoms with E-state index in [9.17, 15) is 9.90 Å². The predicted molar refractivity (Wildman–Crippen MR) is 82.9 cm³/mol. The molecule has 1 fully saturated rings. The Morgan fingerprint density at radius 3 is 2.86 bits per heavy atom. The minimum Gasteiger partial charge on any atom is -0.481 e. The maximum atomic E-state index is 11.3. The van der Waals surface area contributed by atoms with Crippen LogP contribution in [0.15, 0.2) is 18.2 Å². The van der Waals surface area contributed by atoms with Gasteiger partial charge >= 0.3 is 5.97 Å². The fraction of sp³-hybridized carbons (Fsp3) is 0.533. The fourth-order valence-electron chi connectivity index (χ4n) is 2.67. The highest BCUT2D eigenvalue weighted by atomic mass is 35.5. The van der Waals surface area contributed by atoms with Crippen LogP contribution >= 0.6 is 23.2 Å². The largest absolute Gasteiger partial charge is 0.481 e. The number of hydrogen-bond donors (Lipinski definition) is 1. The van der Waals surface area contributed by atoms with Crippen LogP contribution in [0.1, 0.15) is 18.9 Å². The molecule has 0 saturated carbocycles. The molecular formula is C15H19Cl2NO3. The lowest BCUT2D eigenvalue weighted by atomic mass is 10.0. The molecule has 0 radical (unpaired) electrons. The molecule has 2 unspecified atom stereocenters. The van der Waals surface area contributed by atoms with Crippen LogP contribution in [-0.2, 0) is 16.1 Å². The number of hydrogen-bond acceptors (Lipinski definition) is 3. The second-order valence-electron chi connectivity index (χ2n) is 5.26. The first kappa shape index (κ1) is 16.6. The summed E-state index contributed by atoms with van der Waals surface area (Å²) in [7, 11) is 0. The summed E-state index contributed by atoms with van der Waals surface area (Å²) in [6.07, 6.45) is 0.932. The van der Waals surface area contributed by atoms with Gasteiger partial charge in [0.25, 0.3) is 0 Å². The molecule has 2 rings (SSSR count). The summed E-state index contributed by atoms with van der Waals surface area (Å²) in [5, 5.41) is 10.6. The van der Waals surface area contributed by atoms with Crippen LogP contribution in [0.5, 0.6) is 0 Å². The topological polar surface area (TPSA) is 49.8 Å². The van der Waals surface area contributed by atoms with Gasteiger partial charge in [0.15, 0.2) is 0 Å². The molecule has 1 aliphatic rings. The van der Waals surface area contributed by atoms with Gasteiger partial charge in [0.2, 0.25) is 0 Å². The van der Waals surface area contributed by atoms with Gasteiger partial charge in [-0.25, -0.2) is 0 Å². The molecule has 0 spiro atoms. The van der Waals surface area contributed by atoms with Crippen LogP contribution in [-0.4, -0.2) is 41.8 Å². The van der Waals surface area contributed by atoms with E-state index in [4.69, 9.17) is 27.9 Å². The molecule has 4 nitrogen and oxygen atoms in total. The standard InChI is InChI=1S/C15H19Cl2NO3/c1-2-5-18(14-9-21-8-12(14)15(19)20)7-10-6-11(16)3-4-13(10)17/h3-4,6,12,14H,2,5,7-9H2,1H3,(H,19,20). The lowest BCUT2D eigenvalue weighted by Crippen LogP contribution is -2.43. The molecule has 1 N–H and O–H groups in total. The van der Waals surface area contributed by atoms with E-state index < -0.39 is 11.9 Å². The Balaban J connectivity index is 2.18. The van der Waals surface area contributed by atoms with E-state index in [1.165, 1.54) is 0 Å². The van der Waals surface area contributed by atoms with Crippen LogP contribution in [0.2, 0.25) is 10.0 Å². The highest BCUT2D eigenvalue weighted by Gasteiger charge is 2.37. The van der Waals surface area contributed by atoms with Crippen molar-refractivity contribution < 1.29 is 14.6 Å². The van der Waals surface area contributed by atoms with Crippen molar-refractivity contribution in [1.82, 2.24) is 4.90 Å². The number of nitrogens with zero attached hydrogens (tertiary/aromatic N) is 1. The number of halogens is 2. The van der Waals surface area contributed by atoms with E-state index in [0.29, 0.717) is 23.2 Å². The van der Waals surface area contributed by atoms with Gasteiger partial charge in [0, 0.05) is 22.6 Å². The molecule has 0 bridgehead atoms. The molecule has 1 aliphatic heterocycles. The summed E-state index contributed by atoms with van der Waals surface area (Å²) in [6.45, 7) is 4.14. The molecule has 116 valence electrons. The van der Waals surface area contributed by atoms with E-state index in [1.54, 1.807) is 12.1 Å². The van der Waals surface area contributed by atoms with Crippen molar-refractivity contribution in [3.05, 3.63) is 33.8 Å². The summed E-state index contributed by atoms with van der Waals surface area (Å²) >= 11 is 12.2. The van der Waals surface area contributed by atoms with Gasteiger partial charge in [-0.3, -0.25) is 9.69 Å². The van der Waals surface area contributed by atoms with Crippen LogP contribution in [0.4, 0.5) is 0 Å². The molecule has 1 heterocycles. The SMILES string of the molecule is CCCN(Cc1cc(Cl)ccc1Cl)C1COCC1C(=O)O. The minimum atomic E-state index is -0.809. The van der Waals surface area contributed by atoms with Crippen molar-refractivity contribution in [1.29, 1.82) is 0 Å². The Morgan fingerprint density at radius 2 is 2.19 bits per heavy atom. The van der Waals surface area contributed by atoms with Crippen molar-refractivity contribution in [3.8, 4) is 0 Å². The Labute approximate surface area is 134 Å². The lowest BCUT2D eigenvalue weighted by molar-refractivity contribution is -0.143. The normalized spacial score (nSPS) is 21.9. The van der Waals surface area contributed by atoms with Crippen molar-refractivity contribution in [2.45, 2.75) is 25.9 Å². The second kappa shape index (κ2) is 7.45. The third kappa shape index (κ3) is 4.10. The van der Waals surface area contributed by atoms with Crippen LogP contribution in [0, 0.1) is 5.92 Å². The molecule has 0 amide bonds. The van der Waals surface area contributed by atoms with Gasteiger partial charge < -0.3 is 9.84 Å². The quantitative estimate of drug-likeness (QED) is 0.868. The molecule has 1 aromatic carbocycles. The first-order valence-corrected chi connectivity index (χ1v) is 7.77. The Morgan fingerprint density at radius 1 is 1.43 bits per heavy atom. The van der Waals surface area contributed by atoms with Crippen LogP contribution < -0.4 is 0 Å². The van der Waals surface area contributed by atoms with Crippen molar-refractivity contribution in [2.24, 2.45) is 5.92 Å². The zero-order valence-corrected chi connectivity index (χ0v) is 13.4. The molecule has 2 atom stereocenters. The maximum Gasteiger partial charge on any atom is 0.310 e. The molecular weight excluding hydrogens is 313 g/mol. The average Bonchev–Trinajstić information content (AvgIpc) is 2.91. The Kier molecular flexibility index (Phi) is 5.88. The van der Waals surface area contributed by atoms with Crippen LogP contribution in [0.25, 0.3) is 0 Å². The maximum absolute atomic E-state index is 11.3. The smallest absolute Gasteiger partial charge is 0.310 e. The van der Waals surface area contributed by atoms with E-state index in [0.717, 1.165) is 18.5 Å². The fourth-order valence-corrected chi connectivity index (χ4v) is 3.04. The van der Waals surface area contributed by atoms with E-state index in [2.05, 4.69) is 11.8 Å². The van der Waals surface area contributed by atoms with E-state index in [-0.39, 0.29) is 12.6 Å². The predicted octanol–water partition coefficient (Wildman–Crippen LogP) is 3.31. The first-order chi connectivity index (χ1) is 10.0. The third-order valence-corrected chi connectivity index (χ3v) is 4.33. The number of carbonyl (C=O) groups is 1. The molecule has 21 heavy (non-hydrogen) atoms. The Bertz CT molecular complexity index is 510. The van der Waals surface area contributed by atoms with Gasteiger partial charge in [-0.15, -0.1) is 0 Å². The van der Waals surface area contributed by atoms with Gasteiger partial charge in [-0.1, -0.05) is 30.1 Å². The van der Waals surface area contributed by atoms with Gasteiger partial charge in [-0.2, -0.15) is 0 Å². The third-order valence-electron chi connectivity index (χ3n) is 3.73. The summed E-state index contributed by atoms with van der Waals surface area (Å²) in [6, 6.07) is 5.22. The number of benzene rings is 1. The number of aliphatic carboxylic acids is 1. The zero-order valence-electron chi connectivity index (χ0n) is 11.9. The summed E-state index contributed by atoms with van der Waals surface area (Å²) in [4.78, 5) is 13.5. The molecule has 0 aliphatic carbocycles. The summed E-state index contributed by atoms with van der Waals surface area (Å²) < 4.78 is 5.37. The Hall–Kier alpha value is -0.810. The highest BCUT2D eigenvalue weighted by molar-refractivity contribution is 6.33. The van der Waals surface area contributed by atoms with Gasteiger partial charge in [0.05, 0.1) is 19.1 Å². The van der Waals surface area contributed by atoms with E-state index in [1.807, 2.05) is 6.07 Å². The molecule has 6 heteroatoms. The average molecular weight is 332 g/mol. The second-order valence-corrected chi connectivity index (χ2v) is 6.10. The monoisotopic (exact) mass is 331 g/mol. The van der Waals surface area contributed by atoms with E-state index >= 15 is 0 Å². The van der Waals surface area contributed by atoms with Gasteiger partial charge in [0.1, 0.15) is 0 Å². The highest BCUT2D eigenvalue weighted by Crippen LogP contribution is 2.26. The molecule has 1 aromatic rings. The number of ether oxygens (including phenoxy) is 1. The molecule has 1 saturated heterocycles. The number of carboxylic acids is 1. The van der Waals surface area contributed by atoms with Crippen LogP contribution in [0.3, 0.4) is 0 Å². The minimum absolute atomic E-state index is 0.127. The lowest BCUT2D eigenvalue weighted by Gasteiger charge is -2.30. The number of rotatable bonds is 6. The summed E-state index contributed by atoms with van der Waals surface area (Å²) in [5.74, 6) is -1.30. The summed E-state index contributed by atoms with van der Waals surface area (Å²) in [5.41, 5.74) is 0.911. The first-order valence-electron chi connectivity index (χ1n) is 7.01. The van der Waals surface area contributed by atoms with Crippen molar-refractivity contribution in [3.63, 3.8) is 0 Å². The molecule has 0 aromatic heterocycles.